The van der Waals surface area contributed by atoms with E-state index in [1.54, 1.807) is 41.9 Å². The van der Waals surface area contributed by atoms with Gasteiger partial charge in [0.25, 0.3) is 11.7 Å². The van der Waals surface area contributed by atoms with Crippen molar-refractivity contribution in [1.82, 2.24) is 4.90 Å². The van der Waals surface area contributed by atoms with Crippen molar-refractivity contribution in [1.29, 1.82) is 0 Å². The SMILES string of the molecule is COC1CC2CCC(C)C(O)(O2)C(=O)C(=O)N2CCCCC2C(=O)OC(C(C)CC2CCC(O)C(OC)C2)CC(=O)C(C)CC(C)C(=O)C(=O)C(O)C(C)CC(C)/C=C/C=CC=C1C. The minimum absolute atomic E-state index is 0.0319. The average molecular weight is 900 g/mol. The summed E-state index contributed by atoms with van der Waals surface area (Å²) in [5, 5.41) is 33.3. The lowest BCUT2D eigenvalue weighted by molar-refractivity contribution is -0.265. The van der Waals surface area contributed by atoms with Gasteiger partial charge in [0.1, 0.15) is 24.0 Å². The fraction of sp³-hybridized carbons (Fsp3) is 0.760. The number of aliphatic hydroxyl groups excluding tert-OH is 2. The lowest BCUT2D eigenvalue weighted by Crippen LogP contribution is -2.61. The highest BCUT2D eigenvalue weighted by Gasteiger charge is 2.53. The number of aliphatic hydroxyl groups is 3. The molecule has 0 aromatic rings. The maximum absolute atomic E-state index is 14.3. The number of ketones is 4. The number of hydrogen-bond acceptors (Lipinski definition) is 13. The Morgan fingerprint density at radius 3 is 2.23 bits per heavy atom. The van der Waals surface area contributed by atoms with Gasteiger partial charge < -0.3 is 39.2 Å². The molecule has 0 aromatic carbocycles. The summed E-state index contributed by atoms with van der Waals surface area (Å²) in [6, 6.07) is -1.15. The number of amides is 1. The molecule has 14 nitrogen and oxygen atoms in total. The van der Waals surface area contributed by atoms with E-state index in [9.17, 15) is 44.1 Å². The van der Waals surface area contributed by atoms with Crippen molar-refractivity contribution in [2.75, 3.05) is 20.8 Å². The molecular weight excluding hydrogens is 823 g/mol. The highest BCUT2D eigenvalue weighted by Crippen LogP contribution is 2.38. The summed E-state index contributed by atoms with van der Waals surface area (Å²) in [6.45, 7) is 12.4. The standard InChI is InChI=1S/C50H77NO13/c1-29-15-11-10-12-16-30(2)41(61-8)27-37-20-18-35(7)50(60,64-37)47(57)48(58)51-22-14-13-17-38(51)49(59)63-42(32(4)25-36-19-21-39(52)43(26-36)62-9)28-40(53)31(3)24-34(6)45(55)46(56)44(54)33(5)23-29/h10-12,15-16,29,31-39,41-44,52,54,60H,13-14,17-28H2,1-9H3/b12-10?,15-11+,30-16?. The number of nitrogens with zero attached hydrogens (tertiary/aromatic N) is 1. The Morgan fingerprint density at radius 2 is 1.55 bits per heavy atom. The van der Waals surface area contributed by atoms with Crippen LogP contribution in [0.5, 0.6) is 0 Å². The van der Waals surface area contributed by atoms with Crippen molar-refractivity contribution in [2.24, 2.45) is 41.4 Å². The predicted octanol–water partition coefficient (Wildman–Crippen LogP) is 5.81. The van der Waals surface area contributed by atoms with Crippen LogP contribution in [0.3, 0.4) is 0 Å². The Morgan fingerprint density at radius 1 is 0.828 bits per heavy atom. The van der Waals surface area contributed by atoms with Crippen LogP contribution in [0.2, 0.25) is 0 Å². The summed E-state index contributed by atoms with van der Waals surface area (Å²) in [4.78, 5) is 84.5. The number of Topliss-reactive ketones (excluding diaryl/α,β-unsaturated/α-hetero) is 4. The van der Waals surface area contributed by atoms with Gasteiger partial charge in [-0.3, -0.25) is 24.0 Å². The Labute approximate surface area is 380 Å². The molecule has 1 saturated carbocycles. The van der Waals surface area contributed by atoms with Crippen LogP contribution in [0.4, 0.5) is 0 Å². The Kier molecular flexibility index (Phi) is 20.3. The summed E-state index contributed by atoms with van der Waals surface area (Å²) in [6.07, 6.45) is 10.1. The lowest BCUT2D eigenvalue weighted by Gasteiger charge is -2.42. The van der Waals surface area contributed by atoms with E-state index >= 15 is 0 Å². The largest absolute Gasteiger partial charge is 0.460 e. The van der Waals surface area contributed by atoms with Crippen LogP contribution >= 0.6 is 0 Å². The topological polar surface area (TPSA) is 203 Å². The second kappa shape index (κ2) is 24.4. The molecule has 1 aliphatic carbocycles. The summed E-state index contributed by atoms with van der Waals surface area (Å²) in [5.41, 5.74) is 0.863. The number of fused-ring (bicyclic) bond motifs is 3. The molecule has 1 amide bonds. The van der Waals surface area contributed by atoms with E-state index in [0.717, 1.165) is 5.57 Å². The van der Waals surface area contributed by atoms with Crippen LogP contribution in [0, 0.1) is 41.4 Å². The molecule has 0 radical (unpaired) electrons. The van der Waals surface area contributed by atoms with Gasteiger partial charge in [-0.1, -0.05) is 71.9 Å². The molecule has 0 aromatic heterocycles. The van der Waals surface area contributed by atoms with Crippen molar-refractivity contribution >= 4 is 35.0 Å². The van der Waals surface area contributed by atoms with Crippen molar-refractivity contribution in [3.8, 4) is 0 Å². The maximum atomic E-state index is 14.3. The summed E-state index contributed by atoms with van der Waals surface area (Å²) in [7, 11) is 3.12. The molecule has 3 heterocycles. The number of cyclic esters (lactones) is 1. The van der Waals surface area contributed by atoms with Crippen LogP contribution in [-0.4, -0.2) is 124 Å². The van der Waals surface area contributed by atoms with Crippen LogP contribution in [-0.2, 0) is 47.7 Å². The summed E-state index contributed by atoms with van der Waals surface area (Å²) in [5.74, 6) is -10.4. The van der Waals surface area contributed by atoms with E-state index < -0.39 is 95.2 Å². The Balaban J connectivity index is 1.67. The number of ether oxygens (including phenoxy) is 4. The highest BCUT2D eigenvalue weighted by molar-refractivity contribution is 6.39. The zero-order valence-electron chi connectivity index (χ0n) is 39.7. The molecule has 360 valence electrons. The van der Waals surface area contributed by atoms with Crippen molar-refractivity contribution < 1.29 is 63.0 Å². The van der Waals surface area contributed by atoms with Crippen LogP contribution in [0.25, 0.3) is 0 Å². The number of hydrogen-bond donors (Lipinski definition) is 3. The zero-order chi connectivity index (χ0) is 47.5. The average Bonchev–Trinajstić information content (AvgIpc) is 3.27. The van der Waals surface area contributed by atoms with Gasteiger partial charge in [0.15, 0.2) is 0 Å². The zero-order valence-corrected chi connectivity index (χ0v) is 39.7. The minimum Gasteiger partial charge on any atom is -0.460 e. The first-order valence-electron chi connectivity index (χ1n) is 23.7. The van der Waals surface area contributed by atoms with E-state index in [1.165, 1.54) is 4.90 Å². The molecule has 3 N–H and O–H groups in total. The van der Waals surface area contributed by atoms with E-state index in [0.29, 0.717) is 64.2 Å². The second-order valence-corrected chi connectivity index (χ2v) is 19.7. The Hall–Kier alpha value is -3.40. The number of piperidine rings is 1. The van der Waals surface area contributed by atoms with Gasteiger partial charge in [-0.25, -0.2) is 4.79 Å². The number of carbonyl (C=O) groups is 6. The van der Waals surface area contributed by atoms with Crippen molar-refractivity contribution in [3.63, 3.8) is 0 Å². The fourth-order valence-electron chi connectivity index (χ4n) is 10.1. The van der Waals surface area contributed by atoms with Gasteiger partial charge in [0.05, 0.1) is 24.4 Å². The molecule has 15 atom stereocenters. The van der Waals surface area contributed by atoms with Gasteiger partial charge in [0, 0.05) is 51.4 Å². The third kappa shape index (κ3) is 13.8. The maximum Gasteiger partial charge on any atom is 0.329 e. The number of rotatable bonds is 5. The van der Waals surface area contributed by atoms with Gasteiger partial charge in [-0.2, -0.15) is 0 Å². The predicted molar refractivity (Wildman–Crippen MR) is 239 cm³/mol. The van der Waals surface area contributed by atoms with Crippen molar-refractivity contribution in [3.05, 3.63) is 36.0 Å². The Bertz CT molecular complexity index is 1720. The summed E-state index contributed by atoms with van der Waals surface area (Å²) >= 11 is 0. The third-order valence-electron chi connectivity index (χ3n) is 14.5. The summed E-state index contributed by atoms with van der Waals surface area (Å²) < 4.78 is 23.7. The van der Waals surface area contributed by atoms with Crippen LogP contribution in [0.1, 0.15) is 132 Å². The van der Waals surface area contributed by atoms with Gasteiger partial charge >= 0.3 is 5.97 Å². The molecule has 15 unspecified atom stereocenters. The minimum atomic E-state index is -2.44. The third-order valence-corrected chi connectivity index (χ3v) is 14.5. The molecule has 3 aliphatic heterocycles. The van der Waals surface area contributed by atoms with Crippen LogP contribution < -0.4 is 0 Å². The molecule has 2 saturated heterocycles. The van der Waals surface area contributed by atoms with Crippen LogP contribution in [0.15, 0.2) is 36.0 Å². The number of esters is 1. The van der Waals surface area contributed by atoms with E-state index in [-0.39, 0.29) is 55.4 Å². The first-order valence-corrected chi connectivity index (χ1v) is 23.7. The van der Waals surface area contributed by atoms with Gasteiger partial charge in [0.2, 0.25) is 17.4 Å². The number of allylic oxidation sites excluding steroid dienone is 5. The molecule has 3 fully saturated rings. The molecule has 14 heteroatoms. The first kappa shape index (κ1) is 53.2. The van der Waals surface area contributed by atoms with Crippen molar-refractivity contribution in [2.45, 2.75) is 180 Å². The smallest absolute Gasteiger partial charge is 0.329 e. The van der Waals surface area contributed by atoms with Gasteiger partial charge in [-0.15, -0.1) is 0 Å². The molecule has 2 bridgehead atoms. The highest BCUT2D eigenvalue weighted by atomic mass is 16.6. The quantitative estimate of drug-likeness (QED) is 0.221. The van der Waals surface area contributed by atoms with E-state index in [4.69, 9.17) is 18.9 Å². The molecule has 4 aliphatic rings. The van der Waals surface area contributed by atoms with Gasteiger partial charge in [-0.05, 0) is 107 Å². The number of methoxy groups -OCH3 is 2. The monoisotopic (exact) mass is 900 g/mol. The second-order valence-electron chi connectivity index (χ2n) is 19.7. The molecule has 64 heavy (non-hydrogen) atoms. The fourth-order valence-corrected chi connectivity index (χ4v) is 10.1. The van der Waals surface area contributed by atoms with E-state index in [1.807, 2.05) is 51.2 Å². The molecule has 4 rings (SSSR count). The normalized spacial score (nSPS) is 38.8. The molecule has 0 spiro atoms. The number of carbonyl (C=O) groups excluding carboxylic acids is 6. The lowest BCUT2D eigenvalue weighted by atomic mass is 9.78. The first-order chi connectivity index (χ1) is 30.2. The van der Waals surface area contributed by atoms with E-state index in [2.05, 4.69) is 0 Å². The molecular formula is C50H77NO13.